The van der Waals surface area contributed by atoms with E-state index >= 15 is 0 Å². The van der Waals surface area contributed by atoms with Crippen LogP contribution in [-0.2, 0) is 11.2 Å². The number of carboxylic acids is 1. The van der Waals surface area contributed by atoms with Gasteiger partial charge in [0.25, 0.3) is 5.91 Å². The first kappa shape index (κ1) is 27.5. The van der Waals surface area contributed by atoms with Gasteiger partial charge in [0.05, 0.1) is 17.6 Å². The van der Waals surface area contributed by atoms with Crippen molar-refractivity contribution in [2.24, 2.45) is 0 Å². The van der Waals surface area contributed by atoms with E-state index in [0.717, 1.165) is 39.0 Å². The summed E-state index contributed by atoms with van der Waals surface area (Å²) in [6, 6.07) is 23.0. The lowest BCUT2D eigenvalue weighted by Gasteiger charge is -2.13. The van der Waals surface area contributed by atoms with Gasteiger partial charge in [0.15, 0.2) is 0 Å². The monoisotopic (exact) mass is 574 g/mol. The van der Waals surface area contributed by atoms with Gasteiger partial charge in [-0.25, -0.2) is 4.68 Å². The first-order valence-electron chi connectivity index (χ1n) is 13.1. The predicted octanol–water partition coefficient (Wildman–Crippen LogP) is 7.29. The minimum absolute atomic E-state index is 0.126. The van der Waals surface area contributed by atoms with Crippen molar-refractivity contribution >= 4 is 46.0 Å². The maximum absolute atomic E-state index is 13.6. The number of H-pyrrole nitrogens is 1. The molecule has 1 amide bonds. The van der Waals surface area contributed by atoms with E-state index < -0.39 is 5.97 Å². The van der Waals surface area contributed by atoms with Crippen LogP contribution in [0.3, 0.4) is 0 Å². The average Bonchev–Trinajstić information content (AvgIpc) is 3.52. The molecule has 0 saturated carbocycles. The van der Waals surface area contributed by atoms with Crippen LogP contribution in [0.4, 0.5) is 0 Å². The van der Waals surface area contributed by atoms with E-state index in [0.29, 0.717) is 48.0 Å². The van der Waals surface area contributed by atoms with Crippen LogP contribution >= 0.6 is 23.2 Å². The summed E-state index contributed by atoms with van der Waals surface area (Å²) >= 11 is 12.5. The Balaban J connectivity index is 1.57. The number of para-hydroxylation sites is 1. The molecule has 40 heavy (non-hydrogen) atoms. The second-order valence-corrected chi connectivity index (χ2v) is 10.5. The van der Waals surface area contributed by atoms with Gasteiger partial charge < -0.3 is 15.4 Å². The molecule has 5 rings (SSSR count). The number of aliphatic carboxylic acids is 1. The molecule has 3 aromatic carbocycles. The number of hydrogen-bond acceptors (Lipinski definition) is 3. The van der Waals surface area contributed by atoms with Crippen LogP contribution in [-0.4, -0.2) is 38.3 Å². The first-order chi connectivity index (χ1) is 19.4. The van der Waals surface area contributed by atoms with Crippen molar-refractivity contribution in [3.63, 3.8) is 0 Å². The van der Waals surface area contributed by atoms with E-state index in [-0.39, 0.29) is 12.3 Å². The molecule has 0 atom stereocenters. The third-order valence-electron chi connectivity index (χ3n) is 6.73. The van der Waals surface area contributed by atoms with Gasteiger partial charge in [-0.05, 0) is 54.8 Å². The molecule has 0 aliphatic carbocycles. The van der Waals surface area contributed by atoms with Gasteiger partial charge in [0.1, 0.15) is 5.69 Å². The van der Waals surface area contributed by atoms with E-state index in [1.54, 1.807) is 0 Å². The molecule has 7 nitrogen and oxygen atoms in total. The molecular formula is C31H28Cl2N4O3. The van der Waals surface area contributed by atoms with Crippen molar-refractivity contribution in [1.29, 1.82) is 0 Å². The Morgan fingerprint density at radius 1 is 0.925 bits per heavy atom. The Hall–Kier alpha value is -4.07. The largest absolute Gasteiger partial charge is 0.481 e. The molecule has 2 heterocycles. The molecule has 5 aromatic rings. The summed E-state index contributed by atoms with van der Waals surface area (Å²) in [4.78, 5) is 27.7. The Bertz CT molecular complexity index is 1640. The molecule has 2 aromatic heterocycles. The van der Waals surface area contributed by atoms with Crippen molar-refractivity contribution in [3.05, 3.63) is 106 Å². The van der Waals surface area contributed by atoms with Gasteiger partial charge in [0.2, 0.25) is 0 Å². The first-order valence-corrected chi connectivity index (χ1v) is 13.8. The van der Waals surface area contributed by atoms with E-state index in [1.165, 1.54) is 0 Å². The quantitative estimate of drug-likeness (QED) is 0.144. The van der Waals surface area contributed by atoms with Crippen LogP contribution in [0.5, 0.6) is 0 Å². The van der Waals surface area contributed by atoms with Crippen molar-refractivity contribution < 1.29 is 14.7 Å². The number of rotatable bonds is 11. The number of aromatic amines is 1. The maximum Gasteiger partial charge on any atom is 0.303 e. The third-order valence-corrected chi connectivity index (χ3v) is 7.22. The molecule has 3 N–H and O–H groups in total. The topological polar surface area (TPSA) is 100 Å². The lowest BCUT2D eigenvalue weighted by molar-refractivity contribution is -0.137. The van der Waals surface area contributed by atoms with Crippen LogP contribution in [0.25, 0.3) is 27.8 Å². The van der Waals surface area contributed by atoms with E-state index in [2.05, 4.69) is 10.3 Å². The number of hydrogen-bond donors (Lipinski definition) is 3. The normalized spacial score (nSPS) is 11.2. The number of carbonyl (C=O) groups excluding carboxylic acids is 1. The Morgan fingerprint density at radius 3 is 2.42 bits per heavy atom. The molecule has 0 fully saturated rings. The number of carbonyl (C=O) groups is 2. The zero-order valence-corrected chi connectivity index (χ0v) is 23.2. The van der Waals surface area contributed by atoms with Crippen molar-refractivity contribution in [2.75, 3.05) is 6.54 Å². The molecular weight excluding hydrogens is 547 g/mol. The smallest absolute Gasteiger partial charge is 0.303 e. The summed E-state index contributed by atoms with van der Waals surface area (Å²) in [6.07, 6.45) is 4.53. The highest BCUT2D eigenvalue weighted by molar-refractivity contribution is 6.31. The number of nitrogens with one attached hydrogen (secondary N) is 2. The highest BCUT2D eigenvalue weighted by Gasteiger charge is 2.25. The summed E-state index contributed by atoms with van der Waals surface area (Å²) in [6.45, 7) is 0.434. The van der Waals surface area contributed by atoms with Crippen molar-refractivity contribution in [1.82, 2.24) is 20.1 Å². The van der Waals surface area contributed by atoms with Crippen LogP contribution in [0.2, 0.25) is 10.0 Å². The van der Waals surface area contributed by atoms with E-state index in [9.17, 15) is 9.59 Å². The molecule has 204 valence electrons. The standard InChI is InChI=1S/C31H28Cl2N4O3/c32-22-12-10-20(11-13-22)17-21-19-35-37(24-7-3-1-4-8-24)30(21)28-25-15-14-23(33)18-26(25)36-29(28)31(40)34-16-6-2-5-9-27(38)39/h1,3-4,7-8,10-15,18-19,36H,2,5-6,9,16-17H2,(H,34,40)(H,38,39). The number of benzene rings is 3. The van der Waals surface area contributed by atoms with E-state index in [4.69, 9.17) is 33.4 Å². The number of aromatic nitrogens is 3. The molecule has 0 aliphatic heterocycles. The number of halogens is 2. The Kier molecular flexibility index (Phi) is 8.53. The Labute approximate surface area is 241 Å². The second kappa shape index (κ2) is 12.4. The Morgan fingerprint density at radius 2 is 1.68 bits per heavy atom. The third kappa shape index (κ3) is 6.22. The summed E-state index contributed by atoms with van der Waals surface area (Å²) in [5, 5.41) is 18.7. The average molecular weight is 575 g/mol. The van der Waals surface area contributed by atoms with Gasteiger partial charge in [0, 0.05) is 51.5 Å². The van der Waals surface area contributed by atoms with E-state index in [1.807, 2.05) is 83.7 Å². The van der Waals surface area contributed by atoms with Crippen LogP contribution in [0.1, 0.15) is 47.3 Å². The molecule has 9 heteroatoms. The zero-order valence-electron chi connectivity index (χ0n) is 21.7. The number of amides is 1. The molecule has 0 radical (unpaired) electrons. The summed E-state index contributed by atoms with van der Waals surface area (Å²) in [7, 11) is 0. The SMILES string of the molecule is O=C(O)CCCCCNC(=O)c1[nH]c2cc(Cl)ccc2c1-c1c(Cc2ccc(Cl)cc2)cnn1-c1ccccc1. The summed E-state index contributed by atoms with van der Waals surface area (Å²) < 4.78 is 1.87. The molecule has 0 aliphatic rings. The van der Waals surface area contributed by atoms with Gasteiger partial charge in [-0.3, -0.25) is 9.59 Å². The number of carboxylic acid groups (broad SMARTS) is 1. The van der Waals surface area contributed by atoms with Crippen molar-refractivity contribution in [3.8, 4) is 16.9 Å². The highest BCUT2D eigenvalue weighted by atomic mass is 35.5. The maximum atomic E-state index is 13.6. The van der Waals surface area contributed by atoms with Crippen molar-refractivity contribution in [2.45, 2.75) is 32.1 Å². The van der Waals surface area contributed by atoms with Gasteiger partial charge in [-0.2, -0.15) is 5.10 Å². The predicted molar refractivity (Wildman–Crippen MR) is 159 cm³/mol. The fourth-order valence-electron chi connectivity index (χ4n) is 4.82. The highest BCUT2D eigenvalue weighted by Crippen LogP contribution is 2.38. The molecule has 0 spiro atoms. The fraction of sp³-hybridized carbons (Fsp3) is 0.194. The molecule has 0 unspecified atom stereocenters. The molecule has 0 saturated heterocycles. The number of nitrogens with zero attached hydrogens (tertiary/aromatic N) is 2. The summed E-state index contributed by atoms with van der Waals surface area (Å²) in [5.41, 5.74) is 5.58. The second-order valence-electron chi connectivity index (χ2n) is 9.59. The minimum atomic E-state index is -0.810. The van der Waals surface area contributed by atoms with Crippen LogP contribution in [0.15, 0.2) is 79.0 Å². The lowest BCUT2D eigenvalue weighted by atomic mass is 9.98. The van der Waals surface area contributed by atoms with Gasteiger partial charge >= 0.3 is 5.97 Å². The molecule has 0 bridgehead atoms. The van der Waals surface area contributed by atoms with Gasteiger partial charge in [-0.1, -0.05) is 66.0 Å². The lowest BCUT2D eigenvalue weighted by Crippen LogP contribution is -2.25. The van der Waals surface area contributed by atoms with Crippen LogP contribution in [0, 0.1) is 0 Å². The van der Waals surface area contributed by atoms with Crippen LogP contribution < -0.4 is 5.32 Å². The zero-order chi connectivity index (χ0) is 28.1. The number of unbranched alkanes of at least 4 members (excludes halogenated alkanes) is 2. The minimum Gasteiger partial charge on any atom is -0.481 e. The fourth-order valence-corrected chi connectivity index (χ4v) is 5.12. The summed E-state index contributed by atoms with van der Waals surface area (Å²) in [5.74, 6) is -1.06. The number of fused-ring (bicyclic) bond motifs is 1. The van der Waals surface area contributed by atoms with Gasteiger partial charge in [-0.15, -0.1) is 0 Å².